The van der Waals surface area contributed by atoms with Gasteiger partial charge in [-0.3, -0.25) is 14.9 Å². The zero-order valence-electron chi connectivity index (χ0n) is 15.5. The maximum absolute atomic E-state index is 12.0. The van der Waals surface area contributed by atoms with Gasteiger partial charge in [-0.1, -0.05) is 43.1 Å². The number of halogens is 1. The van der Waals surface area contributed by atoms with E-state index in [-0.39, 0.29) is 16.9 Å². The van der Waals surface area contributed by atoms with Crippen molar-refractivity contribution in [2.75, 3.05) is 11.9 Å². The van der Waals surface area contributed by atoms with Crippen LogP contribution in [0, 0.1) is 0 Å². The van der Waals surface area contributed by atoms with E-state index in [0.717, 1.165) is 18.4 Å². The fourth-order valence-electron chi connectivity index (χ4n) is 2.28. The Morgan fingerprint density at radius 2 is 1.82 bits per heavy atom. The van der Waals surface area contributed by atoms with E-state index in [1.54, 1.807) is 36.4 Å². The van der Waals surface area contributed by atoms with Crippen LogP contribution in [0.3, 0.4) is 0 Å². The number of anilines is 1. The van der Waals surface area contributed by atoms with Gasteiger partial charge in [0.1, 0.15) is 0 Å². The molecule has 146 valence electrons. The number of hydrogen-bond acceptors (Lipinski definition) is 3. The molecule has 0 heterocycles. The van der Waals surface area contributed by atoms with E-state index in [0.29, 0.717) is 22.8 Å². The second kappa shape index (κ2) is 11.2. The van der Waals surface area contributed by atoms with Crippen molar-refractivity contribution in [1.82, 2.24) is 10.6 Å². The van der Waals surface area contributed by atoms with Crippen LogP contribution in [0.1, 0.15) is 35.7 Å². The third-order valence-electron chi connectivity index (χ3n) is 3.78. The Balaban J connectivity index is 1.84. The number of hydrogen-bond donors (Lipinski definition) is 3. The molecule has 0 saturated carbocycles. The van der Waals surface area contributed by atoms with Crippen LogP contribution < -0.4 is 16.0 Å². The molecule has 0 spiro atoms. The summed E-state index contributed by atoms with van der Waals surface area (Å²) in [6.07, 6.45) is 4.95. The fourth-order valence-corrected chi connectivity index (χ4v) is 2.69. The van der Waals surface area contributed by atoms with Crippen molar-refractivity contribution in [1.29, 1.82) is 0 Å². The third-order valence-corrected chi connectivity index (χ3v) is 4.33. The summed E-state index contributed by atoms with van der Waals surface area (Å²) in [5, 5.41) is 9.05. The van der Waals surface area contributed by atoms with Crippen molar-refractivity contribution >= 4 is 52.5 Å². The molecule has 2 rings (SSSR count). The van der Waals surface area contributed by atoms with Gasteiger partial charge >= 0.3 is 0 Å². The summed E-state index contributed by atoms with van der Waals surface area (Å²) in [7, 11) is 0. The van der Waals surface area contributed by atoms with Crippen molar-refractivity contribution in [3.63, 3.8) is 0 Å². The highest BCUT2D eigenvalue weighted by atomic mass is 35.5. The molecule has 0 unspecified atom stereocenters. The minimum atomic E-state index is -0.371. The van der Waals surface area contributed by atoms with Crippen molar-refractivity contribution in [3.8, 4) is 0 Å². The molecule has 2 aromatic carbocycles. The zero-order valence-corrected chi connectivity index (χ0v) is 17.1. The lowest BCUT2D eigenvalue weighted by atomic mass is 10.2. The highest BCUT2D eigenvalue weighted by Crippen LogP contribution is 2.16. The summed E-state index contributed by atoms with van der Waals surface area (Å²) >= 11 is 11.2. The van der Waals surface area contributed by atoms with Crippen LogP contribution in [-0.4, -0.2) is 23.5 Å². The maximum Gasteiger partial charge on any atom is 0.251 e. The lowest BCUT2D eigenvalue weighted by Gasteiger charge is -2.09. The molecule has 0 aliphatic heterocycles. The molecule has 0 radical (unpaired) electrons. The van der Waals surface area contributed by atoms with E-state index >= 15 is 0 Å². The molecule has 7 heteroatoms. The normalized spacial score (nSPS) is 10.5. The van der Waals surface area contributed by atoms with Crippen molar-refractivity contribution < 1.29 is 9.59 Å². The second-order valence-corrected chi connectivity index (χ2v) is 6.80. The standard InChI is InChI=1S/C21H22ClN3O2S/c1-2-3-14-23-20(27)16-8-11-17(12-9-16)24-21(28)25-19(26)13-10-15-6-4-5-7-18(15)22/h4-13H,2-3,14H2,1H3,(H,23,27)(H2,24,25,26,28)/b13-10+. The van der Waals surface area contributed by atoms with Crippen LogP contribution >= 0.6 is 23.8 Å². The molecule has 28 heavy (non-hydrogen) atoms. The fraction of sp³-hybridized carbons (Fsp3) is 0.190. The monoisotopic (exact) mass is 415 g/mol. The van der Waals surface area contributed by atoms with Crippen LogP contribution in [0.15, 0.2) is 54.6 Å². The van der Waals surface area contributed by atoms with Crippen LogP contribution in [0.4, 0.5) is 5.69 Å². The van der Waals surface area contributed by atoms with Crippen molar-refractivity contribution in [3.05, 3.63) is 70.8 Å². The summed E-state index contributed by atoms with van der Waals surface area (Å²) in [6.45, 7) is 2.73. The Hall–Kier alpha value is -2.70. The SMILES string of the molecule is CCCCNC(=O)c1ccc(NC(=S)NC(=O)/C=C/c2ccccc2Cl)cc1. The first-order valence-electron chi connectivity index (χ1n) is 8.92. The van der Waals surface area contributed by atoms with E-state index < -0.39 is 0 Å². The van der Waals surface area contributed by atoms with Crippen LogP contribution in [-0.2, 0) is 4.79 Å². The number of carbonyl (C=O) groups is 2. The average Bonchev–Trinajstić information content (AvgIpc) is 2.68. The van der Waals surface area contributed by atoms with Gasteiger partial charge in [-0.15, -0.1) is 0 Å². The minimum Gasteiger partial charge on any atom is -0.352 e. The molecule has 0 fully saturated rings. The predicted octanol–water partition coefficient (Wildman–Crippen LogP) is 4.40. The number of unbranched alkanes of at least 4 members (excludes halogenated alkanes) is 1. The number of rotatable bonds is 7. The molecule has 0 bridgehead atoms. The van der Waals surface area contributed by atoms with Gasteiger partial charge < -0.3 is 10.6 Å². The summed E-state index contributed by atoms with van der Waals surface area (Å²) in [5.41, 5.74) is 1.98. The lowest BCUT2D eigenvalue weighted by molar-refractivity contribution is -0.115. The highest BCUT2D eigenvalue weighted by Gasteiger charge is 2.06. The molecule has 0 saturated heterocycles. The molecule has 0 aliphatic rings. The highest BCUT2D eigenvalue weighted by molar-refractivity contribution is 7.80. The molecule has 2 aromatic rings. The summed E-state index contributed by atoms with van der Waals surface area (Å²) in [6, 6.07) is 14.1. The predicted molar refractivity (Wildman–Crippen MR) is 119 cm³/mol. The van der Waals surface area contributed by atoms with Gasteiger partial charge in [0.2, 0.25) is 5.91 Å². The topological polar surface area (TPSA) is 70.2 Å². The number of benzene rings is 2. The first-order valence-corrected chi connectivity index (χ1v) is 9.71. The van der Waals surface area contributed by atoms with Gasteiger partial charge in [0, 0.05) is 28.9 Å². The Kier molecular flexibility index (Phi) is 8.65. The van der Waals surface area contributed by atoms with Gasteiger partial charge in [-0.2, -0.15) is 0 Å². The van der Waals surface area contributed by atoms with Crippen molar-refractivity contribution in [2.24, 2.45) is 0 Å². The third kappa shape index (κ3) is 7.13. The van der Waals surface area contributed by atoms with E-state index in [2.05, 4.69) is 22.9 Å². The number of thiocarbonyl (C=S) groups is 1. The number of nitrogens with one attached hydrogen (secondary N) is 3. The summed E-state index contributed by atoms with van der Waals surface area (Å²) in [5.74, 6) is -0.482. The van der Waals surface area contributed by atoms with Gasteiger partial charge in [0.25, 0.3) is 5.91 Å². The van der Waals surface area contributed by atoms with Gasteiger partial charge in [-0.25, -0.2) is 0 Å². The number of amides is 2. The van der Waals surface area contributed by atoms with Gasteiger partial charge in [-0.05, 0) is 60.6 Å². The largest absolute Gasteiger partial charge is 0.352 e. The molecule has 3 N–H and O–H groups in total. The quantitative estimate of drug-likeness (QED) is 0.356. The molecular formula is C21H22ClN3O2S. The van der Waals surface area contributed by atoms with Crippen LogP contribution in [0.2, 0.25) is 5.02 Å². The van der Waals surface area contributed by atoms with Crippen molar-refractivity contribution in [2.45, 2.75) is 19.8 Å². The molecule has 5 nitrogen and oxygen atoms in total. The Morgan fingerprint density at radius 1 is 1.11 bits per heavy atom. The first-order chi connectivity index (χ1) is 13.5. The Labute approximate surface area is 175 Å². The molecule has 0 atom stereocenters. The van der Waals surface area contributed by atoms with E-state index in [9.17, 15) is 9.59 Å². The summed E-state index contributed by atoms with van der Waals surface area (Å²) in [4.78, 5) is 24.0. The van der Waals surface area contributed by atoms with E-state index in [4.69, 9.17) is 23.8 Å². The second-order valence-electron chi connectivity index (χ2n) is 5.99. The first kappa shape index (κ1) is 21.6. The minimum absolute atomic E-state index is 0.111. The van der Waals surface area contributed by atoms with Gasteiger partial charge in [0.15, 0.2) is 5.11 Å². The van der Waals surface area contributed by atoms with Crippen LogP contribution in [0.25, 0.3) is 6.08 Å². The van der Waals surface area contributed by atoms with E-state index in [1.165, 1.54) is 6.08 Å². The molecule has 2 amide bonds. The van der Waals surface area contributed by atoms with Gasteiger partial charge in [0.05, 0.1) is 0 Å². The maximum atomic E-state index is 12.0. The number of carbonyl (C=O) groups excluding carboxylic acids is 2. The van der Waals surface area contributed by atoms with Crippen LogP contribution in [0.5, 0.6) is 0 Å². The zero-order chi connectivity index (χ0) is 20.4. The molecular weight excluding hydrogens is 394 g/mol. The smallest absolute Gasteiger partial charge is 0.251 e. The Bertz CT molecular complexity index is 866. The Morgan fingerprint density at radius 3 is 2.50 bits per heavy atom. The summed E-state index contributed by atoms with van der Waals surface area (Å²) < 4.78 is 0. The lowest BCUT2D eigenvalue weighted by Crippen LogP contribution is -2.32. The van der Waals surface area contributed by atoms with E-state index in [1.807, 2.05) is 18.2 Å². The molecule has 0 aliphatic carbocycles. The molecule has 0 aromatic heterocycles. The average molecular weight is 416 g/mol.